The van der Waals surface area contributed by atoms with Gasteiger partial charge < -0.3 is 19.7 Å². The summed E-state index contributed by atoms with van der Waals surface area (Å²) in [6.45, 7) is 3.12. The van der Waals surface area contributed by atoms with Crippen molar-refractivity contribution in [3.8, 4) is 11.5 Å². The Morgan fingerprint density at radius 3 is 2.39 bits per heavy atom. The first-order valence-electron chi connectivity index (χ1n) is 10.4. The first-order chi connectivity index (χ1) is 14.9. The van der Waals surface area contributed by atoms with Gasteiger partial charge in [0.05, 0.1) is 20.6 Å². The lowest BCUT2D eigenvalue weighted by Gasteiger charge is -2.37. The standard InChI is InChI=1S/C24H27N3O4/c1-16-4-7-18(8-5-16)22-23(29)26-24(25-22)10-12-27(13-11-24)21(28)15-17-6-9-19(30-2)20(14-17)31-3/h4-9,14H,10-13,15H2,1-3H3,(H,26,29). The molecule has 0 unspecified atom stereocenters. The van der Waals surface area contributed by atoms with Crippen LogP contribution in [0.1, 0.15) is 29.5 Å². The molecule has 1 N–H and O–H groups in total. The Labute approximate surface area is 182 Å². The molecule has 1 fully saturated rings. The zero-order valence-electron chi connectivity index (χ0n) is 18.1. The van der Waals surface area contributed by atoms with E-state index < -0.39 is 5.66 Å². The highest BCUT2D eigenvalue weighted by atomic mass is 16.5. The molecule has 2 amide bonds. The van der Waals surface area contributed by atoms with Crippen molar-refractivity contribution in [2.24, 2.45) is 4.99 Å². The number of carbonyl (C=O) groups excluding carboxylic acids is 2. The van der Waals surface area contributed by atoms with Gasteiger partial charge in [-0.05, 0) is 24.6 Å². The summed E-state index contributed by atoms with van der Waals surface area (Å²) in [5, 5.41) is 3.06. The van der Waals surface area contributed by atoms with Gasteiger partial charge in [0, 0.05) is 31.5 Å². The molecule has 0 aromatic heterocycles. The zero-order chi connectivity index (χ0) is 22.0. The monoisotopic (exact) mass is 421 g/mol. The number of benzene rings is 2. The molecule has 2 aromatic carbocycles. The summed E-state index contributed by atoms with van der Waals surface area (Å²) in [7, 11) is 3.16. The number of amides is 2. The van der Waals surface area contributed by atoms with Crippen LogP contribution in [0.3, 0.4) is 0 Å². The van der Waals surface area contributed by atoms with E-state index >= 15 is 0 Å². The summed E-state index contributed by atoms with van der Waals surface area (Å²) in [5.41, 5.74) is 2.70. The van der Waals surface area contributed by atoms with Crippen molar-refractivity contribution in [1.29, 1.82) is 0 Å². The molecule has 0 aliphatic carbocycles. The second kappa shape index (κ2) is 8.41. The average Bonchev–Trinajstić information content (AvgIpc) is 3.10. The molecule has 0 saturated carbocycles. The third-order valence-electron chi connectivity index (χ3n) is 5.96. The van der Waals surface area contributed by atoms with E-state index in [1.807, 2.05) is 54.3 Å². The number of nitrogens with one attached hydrogen (secondary N) is 1. The molecule has 0 atom stereocenters. The van der Waals surface area contributed by atoms with Crippen LogP contribution in [0.4, 0.5) is 0 Å². The maximum atomic E-state index is 12.8. The van der Waals surface area contributed by atoms with Crippen LogP contribution in [0.2, 0.25) is 0 Å². The zero-order valence-corrected chi connectivity index (χ0v) is 18.1. The third-order valence-corrected chi connectivity index (χ3v) is 5.96. The highest BCUT2D eigenvalue weighted by molar-refractivity contribution is 6.46. The molecule has 2 aromatic rings. The smallest absolute Gasteiger partial charge is 0.272 e. The number of likely N-dealkylation sites (tertiary alicyclic amines) is 1. The molecule has 2 aliphatic heterocycles. The summed E-state index contributed by atoms with van der Waals surface area (Å²) in [6, 6.07) is 13.3. The Kier molecular flexibility index (Phi) is 5.67. The highest BCUT2D eigenvalue weighted by Gasteiger charge is 2.42. The second-order valence-electron chi connectivity index (χ2n) is 8.06. The van der Waals surface area contributed by atoms with Crippen LogP contribution >= 0.6 is 0 Å². The molecule has 7 heteroatoms. The summed E-state index contributed by atoms with van der Waals surface area (Å²) in [6.07, 6.45) is 1.50. The maximum absolute atomic E-state index is 12.8. The van der Waals surface area contributed by atoms with Crippen LogP contribution in [0.5, 0.6) is 11.5 Å². The van der Waals surface area contributed by atoms with E-state index in [0.717, 1.165) is 16.7 Å². The lowest BCUT2D eigenvalue weighted by atomic mass is 9.97. The molecule has 2 heterocycles. The lowest BCUT2D eigenvalue weighted by Crippen LogP contribution is -2.52. The van der Waals surface area contributed by atoms with Gasteiger partial charge in [-0.2, -0.15) is 0 Å². The molecule has 2 aliphatic rings. The molecule has 4 rings (SSSR count). The van der Waals surface area contributed by atoms with Crippen LogP contribution in [0.25, 0.3) is 0 Å². The van der Waals surface area contributed by atoms with Gasteiger partial charge in [-0.3, -0.25) is 14.6 Å². The number of aryl methyl sites for hydroxylation is 1. The number of nitrogens with zero attached hydrogens (tertiary/aromatic N) is 2. The minimum absolute atomic E-state index is 0.0501. The minimum atomic E-state index is -0.614. The van der Waals surface area contributed by atoms with Gasteiger partial charge in [-0.15, -0.1) is 0 Å². The number of methoxy groups -OCH3 is 2. The predicted octanol–water partition coefficient (Wildman–Crippen LogP) is 2.49. The summed E-state index contributed by atoms with van der Waals surface area (Å²) < 4.78 is 10.6. The van der Waals surface area contributed by atoms with Crippen LogP contribution < -0.4 is 14.8 Å². The molecule has 0 bridgehead atoms. The van der Waals surface area contributed by atoms with Gasteiger partial charge in [0.15, 0.2) is 11.5 Å². The Bertz CT molecular complexity index is 1020. The van der Waals surface area contributed by atoms with Crippen LogP contribution in [-0.2, 0) is 16.0 Å². The SMILES string of the molecule is COc1ccc(CC(=O)N2CCC3(CC2)N=C(c2ccc(C)cc2)C(=O)N3)cc1OC. The Balaban J connectivity index is 1.41. The van der Waals surface area contributed by atoms with Crippen molar-refractivity contribution in [2.75, 3.05) is 27.3 Å². The van der Waals surface area contributed by atoms with Gasteiger partial charge in [-0.1, -0.05) is 35.9 Å². The first kappa shape index (κ1) is 20.9. The molecule has 0 radical (unpaired) electrons. The van der Waals surface area contributed by atoms with E-state index in [2.05, 4.69) is 5.32 Å². The largest absolute Gasteiger partial charge is 0.493 e. The number of aliphatic imine (C=N–C) groups is 1. The normalized spacial score (nSPS) is 17.3. The molecule has 7 nitrogen and oxygen atoms in total. The summed E-state index contributed by atoms with van der Waals surface area (Å²) in [4.78, 5) is 32.0. The van der Waals surface area contributed by atoms with E-state index in [0.29, 0.717) is 43.1 Å². The Morgan fingerprint density at radius 2 is 1.74 bits per heavy atom. The fourth-order valence-corrected chi connectivity index (χ4v) is 4.11. The van der Waals surface area contributed by atoms with Gasteiger partial charge in [-0.25, -0.2) is 0 Å². The van der Waals surface area contributed by atoms with Crippen molar-refractivity contribution in [3.63, 3.8) is 0 Å². The third kappa shape index (κ3) is 4.26. The van der Waals surface area contributed by atoms with Crippen LogP contribution in [0.15, 0.2) is 47.5 Å². The van der Waals surface area contributed by atoms with Crippen molar-refractivity contribution in [1.82, 2.24) is 10.2 Å². The number of ether oxygens (including phenoxy) is 2. The van der Waals surface area contributed by atoms with Crippen LogP contribution in [-0.4, -0.2) is 55.4 Å². The number of piperidine rings is 1. The topological polar surface area (TPSA) is 80.2 Å². The van der Waals surface area contributed by atoms with Crippen molar-refractivity contribution < 1.29 is 19.1 Å². The summed E-state index contributed by atoms with van der Waals surface area (Å²) in [5.74, 6) is 1.15. The van der Waals surface area contributed by atoms with E-state index in [9.17, 15) is 9.59 Å². The van der Waals surface area contributed by atoms with Gasteiger partial charge in [0.25, 0.3) is 5.91 Å². The molecule has 1 saturated heterocycles. The Morgan fingerprint density at radius 1 is 1.06 bits per heavy atom. The predicted molar refractivity (Wildman–Crippen MR) is 118 cm³/mol. The number of hydrogen-bond donors (Lipinski definition) is 1. The molecule has 162 valence electrons. The van der Waals surface area contributed by atoms with E-state index in [-0.39, 0.29) is 18.2 Å². The lowest BCUT2D eigenvalue weighted by molar-refractivity contribution is -0.132. The average molecular weight is 421 g/mol. The molecule has 31 heavy (non-hydrogen) atoms. The van der Waals surface area contributed by atoms with Gasteiger partial charge in [0.1, 0.15) is 11.4 Å². The van der Waals surface area contributed by atoms with Crippen molar-refractivity contribution >= 4 is 17.5 Å². The molecular formula is C24H27N3O4. The van der Waals surface area contributed by atoms with E-state index in [1.54, 1.807) is 14.2 Å². The Hall–Kier alpha value is -3.35. The fourth-order valence-electron chi connectivity index (χ4n) is 4.11. The first-order valence-corrected chi connectivity index (χ1v) is 10.4. The van der Waals surface area contributed by atoms with Gasteiger partial charge in [0.2, 0.25) is 5.91 Å². The number of carbonyl (C=O) groups is 2. The number of rotatable bonds is 5. The fraction of sp³-hybridized carbons (Fsp3) is 0.375. The quantitative estimate of drug-likeness (QED) is 0.805. The van der Waals surface area contributed by atoms with Crippen molar-refractivity contribution in [2.45, 2.75) is 31.8 Å². The van der Waals surface area contributed by atoms with Gasteiger partial charge >= 0.3 is 0 Å². The number of hydrogen-bond acceptors (Lipinski definition) is 5. The summed E-state index contributed by atoms with van der Waals surface area (Å²) >= 11 is 0. The second-order valence-corrected chi connectivity index (χ2v) is 8.06. The minimum Gasteiger partial charge on any atom is -0.493 e. The molecular weight excluding hydrogens is 394 g/mol. The maximum Gasteiger partial charge on any atom is 0.272 e. The molecule has 1 spiro atoms. The van der Waals surface area contributed by atoms with Crippen LogP contribution in [0, 0.1) is 6.92 Å². The highest BCUT2D eigenvalue weighted by Crippen LogP contribution is 2.30. The van der Waals surface area contributed by atoms with Crippen molar-refractivity contribution in [3.05, 3.63) is 59.2 Å². The van der Waals surface area contributed by atoms with E-state index in [1.165, 1.54) is 0 Å². The van der Waals surface area contributed by atoms with E-state index in [4.69, 9.17) is 14.5 Å².